The molecule has 0 N–H and O–H groups in total. The second-order valence-electron chi connectivity index (χ2n) is 13.3. The lowest BCUT2D eigenvalue weighted by molar-refractivity contribution is 0.954. The van der Waals surface area contributed by atoms with Crippen LogP contribution in [0.5, 0.6) is 0 Å². The largest absolute Gasteiger partial charge is 0.265 e. The highest BCUT2D eigenvalue weighted by molar-refractivity contribution is 8.03. The van der Waals surface area contributed by atoms with Crippen molar-refractivity contribution in [2.24, 2.45) is 0 Å². The van der Waals surface area contributed by atoms with Crippen LogP contribution in [0, 0.1) is 0 Å². The maximum atomic E-state index is 4.35. The monoisotopic (exact) mass is 701 g/mol. The molecule has 1 unspecified atom stereocenters. The van der Waals surface area contributed by atoms with Crippen molar-refractivity contribution in [2.75, 3.05) is 0 Å². The van der Waals surface area contributed by atoms with Gasteiger partial charge in [-0.25, -0.2) is 0 Å². The maximum absolute atomic E-state index is 4.35. The second kappa shape index (κ2) is 13.8. The fraction of sp³-hybridized carbons (Fsp3) is 0.0408. The summed E-state index contributed by atoms with van der Waals surface area (Å²) in [5, 5.41) is 2.66. The van der Waals surface area contributed by atoms with Crippen LogP contribution in [0.15, 0.2) is 193 Å². The molecule has 0 amide bonds. The van der Waals surface area contributed by atoms with Crippen LogP contribution in [0.3, 0.4) is 0 Å². The van der Waals surface area contributed by atoms with Gasteiger partial charge in [0, 0.05) is 48.3 Å². The van der Waals surface area contributed by atoms with Gasteiger partial charge in [0.15, 0.2) is 0 Å². The Balaban J connectivity index is 1.01. The Morgan fingerprint density at radius 2 is 1.17 bits per heavy atom. The molecule has 0 radical (unpaired) electrons. The summed E-state index contributed by atoms with van der Waals surface area (Å²) in [4.78, 5) is 6.50. The van der Waals surface area contributed by atoms with Gasteiger partial charge in [0.1, 0.15) is 0 Å². The average molecular weight is 702 g/mol. The van der Waals surface area contributed by atoms with Gasteiger partial charge in [-0.15, -0.1) is 11.3 Å². The second-order valence-corrected chi connectivity index (χ2v) is 15.5. The number of hydrogen-bond acceptors (Lipinski definition) is 3. The molecule has 1 atom stereocenters. The number of benzene rings is 6. The van der Waals surface area contributed by atoms with Gasteiger partial charge in [0.25, 0.3) is 0 Å². The minimum Gasteiger partial charge on any atom is -0.265 e. The molecule has 2 aromatic heterocycles. The zero-order valence-corrected chi connectivity index (χ0v) is 30.4. The molecule has 248 valence electrons. The van der Waals surface area contributed by atoms with Crippen molar-refractivity contribution in [3.8, 4) is 44.5 Å². The van der Waals surface area contributed by atoms with Crippen LogP contribution in [0.1, 0.15) is 24.0 Å². The SMILES string of the molecule is C=C1/C=C\C=C(\c2ccncc2)C(C)c2ccc(-c3cccc(-c4cccc(-c5ccc(-c6cccc7c6sc6ccccc67)cc5)c4)c3)cc2S1. The Labute approximate surface area is 313 Å². The first-order valence-electron chi connectivity index (χ1n) is 17.6. The molecule has 0 bridgehead atoms. The summed E-state index contributed by atoms with van der Waals surface area (Å²) in [5.74, 6) is 0.210. The molecular formula is C49H35NS2. The predicted octanol–water partition coefficient (Wildman–Crippen LogP) is 14.5. The van der Waals surface area contributed by atoms with E-state index >= 15 is 0 Å². The Hall–Kier alpha value is -5.74. The number of fused-ring (bicyclic) bond motifs is 4. The molecule has 0 saturated carbocycles. The summed E-state index contributed by atoms with van der Waals surface area (Å²) in [6.45, 7) is 6.64. The predicted molar refractivity (Wildman–Crippen MR) is 226 cm³/mol. The molecule has 6 aromatic carbocycles. The van der Waals surface area contributed by atoms with Crippen LogP contribution in [0.2, 0.25) is 0 Å². The van der Waals surface area contributed by atoms with Crippen LogP contribution in [-0.4, -0.2) is 4.98 Å². The Kier molecular flexibility index (Phi) is 8.52. The molecular weight excluding hydrogens is 667 g/mol. The normalized spacial score (nSPS) is 16.1. The van der Waals surface area contributed by atoms with E-state index < -0.39 is 0 Å². The molecule has 1 nitrogen and oxygen atoms in total. The van der Waals surface area contributed by atoms with Gasteiger partial charge in [0.2, 0.25) is 0 Å². The van der Waals surface area contributed by atoms with Crippen molar-refractivity contribution in [2.45, 2.75) is 17.7 Å². The molecule has 0 saturated heterocycles. The molecule has 0 spiro atoms. The first-order chi connectivity index (χ1) is 25.6. The minimum atomic E-state index is 0.210. The van der Waals surface area contributed by atoms with E-state index in [9.17, 15) is 0 Å². The first-order valence-corrected chi connectivity index (χ1v) is 19.2. The van der Waals surface area contributed by atoms with Gasteiger partial charge in [-0.05, 0) is 104 Å². The molecule has 1 aliphatic heterocycles. The standard InChI is InChI=1S/C49H35NS2/c1-32-9-5-15-42(36-25-27-50-28-26-36)33(2)43-24-23-41(31-48(43)51-32)40-13-7-12-39(30-40)38-11-6-10-37(29-38)34-19-21-35(22-20-34)44-16-8-17-46-45-14-3-4-18-47(45)52-49(44)46/h3-31,33H,1H2,2H3/b9-5-,42-15+. The minimum absolute atomic E-state index is 0.210. The number of rotatable bonds is 5. The zero-order valence-electron chi connectivity index (χ0n) is 28.8. The summed E-state index contributed by atoms with van der Waals surface area (Å²) in [6, 6.07) is 53.3. The summed E-state index contributed by atoms with van der Waals surface area (Å²) in [7, 11) is 0. The molecule has 3 heterocycles. The highest BCUT2D eigenvalue weighted by Gasteiger charge is 2.19. The number of aromatic nitrogens is 1. The first kappa shape index (κ1) is 32.2. The summed E-state index contributed by atoms with van der Waals surface area (Å²) in [6.07, 6.45) is 10.2. The number of allylic oxidation sites excluding steroid dienone is 4. The molecule has 8 aromatic rings. The van der Waals surface area contributed by atoms with E-state index in [1.54, 1.807) is 11.8 Å². The van der Waals surface area contributed by atoms with Crippen LogP contribution in [-0.2, 0) is 0 Å². The van der Waals surface area contributed by atoms with Gasteiger partial charge >= 0.3 is 0 Å². The van der Waals surface area contributed by atoms with Crippen molar-refractivity contribution in [1.29, 1.82) is 0 Å². The fourth-order valence-electron chi connectivity index (χ4n) is 7.37. The molecule has 0 aliphatic carbocycles. The zero-order chi connectivity index (χ0) is 35.0. The number of hydrogen-bond donors (Lipinski definition) is 0. The van der Waals surface area contributed by atoms with Crippen molar-refractivity contribution >= 4 is 48.8 Å². The van der Waals surface area contributed by atoms with E-state index in [0.29, 0.717) is 0 Å². The van der Waals surface area contributed by atoms with Crippen molar-refractivity contribution in [3.05, 3.63) is 199 Å². The topological polar surface area (TPSA) is 12.9 Å². The van der Waals surface area contributed by atoms with Gasteiger partial charge < -0.3 is 0 Å². The van der Waals surface area contributed by atoms with Crippen LogP contribution < -0.4 is 0 Å². The lowest BCUT2D eigenvalue weighted by Gasteiger charge is -2.20. The summed E-state index contributed by atoms with van der Waals surface area (Å²) in [5.41, 5.74) is 13.5. The third-order valence-corrected chi connectivity index (χ3v) is 12.3. The molecule has 52 heavy (non-hydrogen) atoms. The Morgan fingerprint density at radius 1 is 0.558 bits per heavy atom. The van der Waals surface area contributed by atoms with E-state index in [1.807, 2.05) is 23.7 Å². The third-order valence-electron chi connectivity index (χ3n) is 10.1. The van der Waals surface area contributed by atoms with E-state index in [0.717, 1.165) is 4.91 Å². The van der Waals surface area contributed by atoms with Crippen LogP contribution in [0.4, 0.5) is 0 Å². The average Bonchev–Trinajstić information content (AvgIpc) is 3.61. The molecule has 9 rings (SSSR count). The lowest BCUT2D eigenvalue weighted by atomic mass is 9.87. The van der Waals surface area contributed by atoms with Gasteiger partial charge in [-0.1, -0.05) is 147 Å². The van der Waals surface area contributed by atoms with Crippen molar-refractivity contribution < 1.29 is 0 Å². The summed E-state index contributed by atoms with van der Waals surface area (Å²) >= 11 is 3.62. The molecule has 3 heteroatoms. The van der Waals surface area contributed by atoms with E-state index in [-0.39, 0.29) is 5.92 Å². The number of thiophene rings is 1. The highest BCUT2D eigenvalue weighted by Crippen LogP contribution is 2.43. The van der Waals surface area contributed by atoms with Gasteiger partial charge in [0.05, 0.1) is 0 Å². The lowest BCUT2D eigenvalue weighted by Crippen LogP contribution is -2.00. The Bertz CT molecular complexity index is 2680. The van der Waals surface area contributed by atoms with Gasteiger partial charge in [-0.3, -0.25) is 4.98 Å². The fourth-order valence-corrected chi connectivity index (χ4v) is 9.59. The highest BCUT2D eigenvalue weighted by atomic mass is 32.2. The Morgan fingerprint density at radius 3 is 1.92 bits per heavy atom. The van der Waals surface area contributed by atoms with E-state index in [2.05, 4.69) is 182 Å². The van der Waals surface area contributed by atoms with Crippen molar-refractivity contribution in [3.63, 3.8) is 0 Å². The molecule has 1 aliphatic rings. The van der Waals surface area contributed by atoms with Gasteiger partial charge in [-0.2, -0.15) is 0 Å². The van der Waals surface area contributed by atoms with E-state index in [4.69, 9.17) is 0 Å². The van der Waals surface area contributed by atoms with E-state index in [1.165, 1.54) is 86.3 Å². The summed E-state index contributed by atoms with van der Waals surface area (Å²) < 4.78 is 2.68. The number of pyridine rings is 1. The third kappa shape index (κ3) is 6.13. The smallest absolute Gasteiger partial charge is 0.0433 e. The maximum Gasteiger partial charge on any atom is 0.0433 e. The van der Waals surface area contributed by atoms with Crippen molar-refractivity contribution in [1.82, 2.24) is 4.98 Å². The molecule has 0 fully saturated rings. The number of nitrogens with zero attached hydrogens (tertiary/aromatic N) is 1. The number of thioether (sulfide) groups is 1. The van der Waals surface area contributed by atoms with Crippen LogP contribution in [0.25, 0.3) is 70.3 Å². The quantitative estimate of drug-likeness (QED) is 0.177. The van der Waals surface area contributed by atoms with Crippen LogP contribution >= 0.6 is 23.1 Å².